The maximum atomic E-state index is 4.64. The van der Waals surface area contributed by atoms with Crippen LogP contribution in [-0.2, 0) is 19.4 Å². The van der Waals surface area contributed by atoms with Crippen molar-refractivity contribution in [2.45, 2.75) is 13.1 Å². The van der Waals surface area contributed by atoms with Gasteiger partial charge in [0, 0.05) is 9.52 Å². The van der Waals surface area contributed by atoms with Crippen molar-refractivity contribution < 1.29 is 19.4 Å². The van der Waals surface area contributed by atoms with Gasteiger partial charge in [-0.25, -0.2) is 0 Å². The average Bonchev–Trinajstić information content (AvgIpc) is 1.46. The van der Waals surface area contributed by atoms with Gasteiger partial charge in [-0.1, -0.05) is 13.1 Å². The van der Waals surface area contributed by atoms with Crippen LogP contribution in [0.15, 0.2) is 0 Å². The Bertz CT molecular complexity index is 9.61. The number of hydrogen-bond donors (Lipinski definition) is 0. The van der Waals surface area contributed by atoms with E-state index in [2.05, 4.69) is 22.4 Å². The van der Waals surface area contributed by atoms with Crippen LogP contribution in [0.4, 0.5) is 0 Å². The molecule has 0 spiro atoms. The molecule has 0 bridgehead atoms. The standard InChI is InChI=1S/C2H8Si.ClH.Ti/c1-3-2;;/h3H2,1-2H3;1H;/q;;+1/p-1. The van der Waals surface area contributed by atoms with Crippen LogP contribution in [0.5, 0.6) is 0 Å². The molecule has 0 aromatic carbocycles. The third-order valence-electron chi connectivity index (χ3n) is 0. The summed E-state index contributed by atoms with van der Waals surface area (Å²) in [4.78, 5) is 0. The average molecular weight is 143 g/mol. The van der Waals surface area contributed by atoms with Gasteiger partial charge in [0.15, 0.2) is 0 Å². The summed E-state index contributed by atoms with van der Waals surface area (Å²) in [5, 5.41) is 0. The van der Waals surface area contributed by atoms with Crippen molar-refractivity contribution in [3.63, 3.8) is 0 Å². The van der Waals surface area contributed by atoms with Gasteiger partial charge in [-0.3, -0.25) is 0 Å². The van der Waals surface area contributed by atoms with Crippen LogP contribution in [0.3, 0.4) is 0 Å². The Morgan fingerprint density at radius 2 is 1.40 bits per heavy atom. The topological polar surface area (TPSA) is 0 Å². The van der Waals surface area contributed by atoms with Crippen LogP contribution in [0.2, 0.25) is 13.1 Å². The Hall–Kier alpha value is 1.22. The molecule has 0 fully saturated rings. The monoisotopic (exact) mass is 143 g/mol. The summed E-state index contributed by atoms with van der Waals surface area (Å²) in [6, 6.07) is 0. The van der Waals surface area contributed by atoms with Crippen molar-refractivity contribution >= 4 is 18.8 Å². The zero-order chi connectivity index (χ0) is 4.71. The zero-order valence-electron chi connectivity index (χ0n) is 3.59. The Balaban J connectivity index is 0. The minimum atomic E-state index is 0.417. The Labute approximate surface area is 51.4 Å². The molecule has 0 saturated carbocycles. The van der Waals surface area contributed by atoms with Gasteiger partial charge in [0.05, 0.1) is 0 Å². The fourth-order valence-corrected chi connectivity index (χ4v) is 0. The summed E-state index contributed by atoms with van der Waals surface area (Å²) in [6.45, 7) is 4.53. The third kappa shape index (κ3) is 36.3. The first-order valence-electron chi connectivity index (χ1n) is 1.60. The van der Waals surface area contributed by atoms with E-state index in [0.717, 1.165) is 0 Å². The quantitative estimate of drug-likeness (QED) is 0.443. The van der Waals surface area contributed by atoms with E-state index in [0.29, 0.717) is 9.52 Å². The van der Waals surface area contributed by atoms with E-state index in [4.69, 9.17) is 0 Å². The molecule has 0 heterocycles. The molecule has 0 aliphatic rings. The Kier molecular flexibility index (Phi) is 35.9. The first-order valence-corrected chi connectivity index (χ1v) is 6.58. The van der Waals surface area contributed by atoms with Crippen molar-refractivity contribution in [2.24, 2.45) is 0 Å². The zero-order valence-corrected chi connectivity index (χ0v) is 7.32. The predicted molar refractivity (Wildman–Crippen MR) is 26.1 cm³/mol. The van der Waals surface area contributed by atoms with E-state index in [1.165, 1.54) is 19.4 Å². The Morgan fingerprint density at radius 3 is 1.40 bits per heavy atom. The van der Waals surface area contributed by atoms with Crippen LogP contribution >= 0.6 is 9.30 Å². The molecular weight excluding hydrogens is 135 g/mol. The van der Waals surface area contributed by atoms with Crippen molar-refractivity contribution in [3.8, 4) is 0 Å². The van der Waals surface area contributed by atoms with Gasteiger partial charge >= 0.3 is 28.7 Å². The molecule has 0 N–H and O–H groups in total. The van der Waals surface area contributed by atoms with Gasteiger partial charge < -0.3 is 0 Å². The molecule has 0 rings (SSSR count). The van der Waals surface area contributed by atoms with E-state index < -0.39 is 0 Å². The molecule has 3 heteroatoms. The SMILES string of the molecule is C[SiH2]C.[Cl][Ti]. The van der Waals surface area contributed by atoms with Gasteiger partial charge in [-0.05, 0) is 0 Å². The normalized spacial score (nSPS) is 4.40. The van der Waals surface area contributed by atoms with Gasteiger partial charge in [-0.15, -0.1) is 0 Å². The van der Waals surface area contributed by atoms with E-state index >= 15 is 0 Å². The molecule has 0 amide bonds. The number of rotatable bonds is 0. The van der Waals surface area contributed by atoms with Crippen molar-refractivity contribution in [1.29, 1.82) is 0 Å². The molecule has 5 heavy (non-hydrogen) atoms. The first-order chi connectivity index (χ1) is 2.41. The second-order valence-corrected chi connectivity index (χ2v) is 2.12. The molecule has 0 radical (unpaired) electrons. The van der Waals surface area contributed by atoms with Gasteiger partial charge in [0.1, 0.15) is 0 Å². The molecule has 0 aliphatic carbocycles. The van der Waals surface area contributed by atoms with Crippen LogP contribution in [-0.4, -0.2) is 9.52 Å². The second kappa shape index (κ2) is 18.9. The van der Waals surface area contributed by atoms with Crippen molar-refractivity contribution in [2.75, 3.05) is 0 Å². The van der Waals surface area contributed by atoms with Crippen LogP contribution in [0, 0.1) is 0 Å². The predicted octanol–water partition coefficient (Wildman–Crippen LogP) is 0.938. The summed E-state index contributed by atoms with van der Waals surface area (Å²) in [5.41, 5.74) is 0. The van der Waals surface area contributed by atoms with E-state index in [9.17, 15) is 0 Å². The van der Waals surface area contributed by atoms with Crippen molar-refractivity contribution in [1.82, 2.24) is 0 Å². The molecular formula is C2H8ClSiTi. The second-order valence-electron chi connectivity index (χ2n) is 0.707. The molecule has 0 saturated heterocycles. The molecule has 0 aromatic heterocycles. The summed E-state index contributed by atoms with van der Waals surface area (Å²) in [7, 11) is 5.06. The van der Waals surface area contributed by atoms with Crippen molar-refractivity contribution in [3.05, 3.63) is 0 Å². The molecule has 0 aromatic rings. The number of halogens is 1. The molecule has 0 nitrogen and oxygen atoms in total. The molecule has 31 valence electrons. The maximum absolute atomic E-state index is 4.64. The third-order valence-corrected chi connectivity index (χ3v) is 0. The van der Waals surface area contributed by atoms with E-state index in [-0.39, 0.29) is 0 Å². The van der Waals surface area contributed by atoms with E-state index in [1.807, 2.05) is 0 Å². The van der Waals surface area contributed by atoms with Gasteiger partial charge in [0.2, 0.25) is 0 Å². The first kappa shape index (κ1) is 9.52. The van der Waals surface area contributed by atoms with Gasteiger partial charge in [0.25, 0.3) is 0 Å². The molecule has 0 unspecified atom stereocenters. The van der Waals surface area contributed by atoms with Crippen LogP contribution in [0.25, 0.3) is 0 Å². The summed E-state index contributed by atoms with van der Waals surface area (Å²) < 4.78 is 0. The Morgan fingerprint density at radius 1 is 1.40 bits per heavy atom. The molecule has 0 aliphatic heterocycles. The number of hydrogen-bond acceptors (Lipinski definition) is 0. The summed E-state index contributed by atoms with van der Waals surface area (Å²) in [5.74, 6) is 0. The van der Waals surface area contributed by atoms with Gasteiger partial charge in [-0.2, -0.15) is 0 Å². The summed E-state index contributed by atoms with van der Waals surface area (Å²) in [6.07, 6.45) is 0. The fraction of sp³-hybridized carbons (Fsp3) is 1.00. The minimum absolute atomic E-state index is 0.417. The van der Waals surface area contributed by atoms with Crippen LogP contribution < -0.4 is 0 Å². The summed E-state index contributed by atoms with van der Waals surface area (Å²) >= 11 is 1.47. The van der Waals surface area contributed by atoms with Crippen LogP contribution in [0.1, 0.15) is 0 Å². The fourth-order valence-electron chi connectivity index (χ4n) is 0. The van der Waals surface area contributed by atoms with E-state index in [1.54, 1.807) is 0 Å². The molecule has 0 atom stereocenters.